The molecular formula is C11H11BrClNO3. The maximum atomic E-state index is 11.8. The Hall–Kier alpha value is -1.07. The van der Waals surface area contributed by atoms with Crippen molar-refractivity contribution in [1.29, 1.82) is 0 Å². The average Bonchev–Trinajstić information content (AvgIpc) is 2.28. The van der Waals surface area contributed by atoms with Crippen molar-refractivity contribution in [3.8, 4) is 0 Å². The van der Waals surface area contributed by atoms with Gasteiger partial charge in [0.25, 0.3) is 5.91 Å². The first-order chi connectivity index (χ1) is 7.95. The molecule has 0 saturated heterocycles. The van der Waals surface area contributed by atoms with E-state index in [4.69, 9.17) is 16.7 Å². The van der Waals surface area contributed by atoms with Crippen LogP contribution >= 0.6 is 27.5 Å². The number of hydrogen-bond acceptors (Lipinski definition) is 2. The number of rotatable bonds is 4. The summed E-state index contributed by atoms with van der Waals surface area (Å²) in [4.78, 5) is 22.6. The third-order valence-corrected chi connectivity index (χ3v) is 3.01. The van der Waals surface area contributed by atoms with Crippen molar-refractivity contribution in [1.82, 2.24) is 5.32 Å². The molecule has 1 aromatic rings. The molecule has 0 aliphatic heterocycles. The second kappa shape index (κ2) is 6.02. The van der Waals surface area contributed by atoms with Crippen molar-refractivity contribution in [3.05, 3.63) is 33.3 Å². The zero-order valence-electron chi connectivity index (χ0n) is 9.04. The molecule has 0 radical (unpaired) electrons. The Morgan fingerprint density at radius 3 is 2.71 bits per heavy atom. The topological polar surface area (TPSA) is 66.4 Å². The lowest BCUT2D eigenvalue weighted by Crippen LogP contribution is -2.40. The molecule has 0 aliphatic carbocycles. The normalized spacial score (nSPS) is 11.9. The smallest absolute Gasteiger partial charge is 0.326 e. The Morgan fingerprint density at radius 2 is 2.18 bits per heavy atom. The van der Waals surface area contributed by atoms with Crippen molar-refractivity contribution in [2.45, 2.75) is 19.4 Å². The predicted octanol–water partition coefficient (Wildman–Crippen LogP) is 2.70. The third-order valence-electron chi connectivity index (χ3n) is 2.18. The van der Waals surface area contributed by atoms with Crippen LogP contribution in [0.4, 0.5) is 0 Å². The lowest BCUT2D eigenvalue weighted by atomic mass is 10.1. The highest BCUT2D eigenvalue weighted by atomic mass is 79.9. The lowest BCUT2D eigenvalue weighted by molar-refractivity contribution is -0.139. The summed E-state index contributed by atoms with van der Waals surface area (Å²) < 4.78 is 0.704. The minimum Gasteiger partial charge on any atom is -0.480 e. The van der Waals surface area contributed by atoms with Crippen LogP contribution in [0.1, 0.15) is 23.7 Å². The van der Waals surface area contributed by atoms with E-state index in [0.717, 1.165) is 0 Å². The summed E-state index contributed by atoms with van der Waals surface area (Å²) in [5.74, 6) is -1.56. The van der Waals surface area contributed by atoms with E-state index in [1.165, 1.54) is 0 Å². The second-order valence-electron chi connectivity index (χ2n) is 3.40. The molecule has 0 bridgehead atoms. The first-order valence-corrected chi connectivity index (χ1v) is 6.11. The van der Waals surface area contributed by atoms with Crippen LogP contribution in [-0.4, -0.2) is 23.0 Å². The largest absolute Gasteiger partial charge is 0.480 e. The number of nitrogens with one attached hydrogen (secondary N) is 1. The van der Waals surface area contributed by atoms with Crippen LogP contribution in [0, 0.1) is 0 Å². The fourth-order valence-electron chi connectivity index (χ4n) is 1.25. The summed E-state index contributed by atoms with van der Waals surface area (Å²) >= 11 is 9.09. The molecule has 0 saturated carbocycles. The van der Waals surface area contributed by atoms with Gasteiger partial charge in [-0.05, 0) is 24.6 Å². The van der Waals surface area contributed by atoms with E-state index in [2.05, 4.69) is 21.2 Å². The van der Waals surface area contributed by atoms with Crippen molar-refractivity contribution in [2.24, 2.45) is 0 Å². The molecule has 1 amide bonds. The molecule has 0 spiro atoms. The summed E-state index contributed by atoms with van der Waals surface area (Å²) in [5, 5.41) is 11.5. The maximum Gasteiger partial charge on any atom is 0.326 e. The fraction of sp³-hybridized carbons (Fsp3) is 0.273. The van der Waals surface area contributed by atoms with E-state index in [-0.39, 0.29) is 10.6 Å². The Bertz CT molecular complexity index is 450. The first-order valence-electron chi connectivity index (χ1n) is 4.94. The summed E-state index contributed by atoms with van der Waals surface area (Å²) in [6, 6.07) is 3.92. The predicted molar refractivity (Wildman–Crippen MR) is 68.3 cm³/mol. The average molecular weight is 321 g/mol. The van der Waals surface area contributed by atoms with Crippen LogP contribution in [0.15, 0.2) is 22.7 Å². The van der Waals surface area contributed by atoms with Crippen molar-refractivity contribution in [3.63, 3.8) is 0 Å². The van der Waals surface area contributed by atoms with Gasteiger partial charge in [0.1, 0.15) is 6.04 Å². The number of carboxylic acid groups (broad SMARTS) is 1. The molecule has 0 aromatic heterocycles. The molecule has 2 N–H and O–H groups in total. The van der Waals surface area contributed by atoms with Gasteiger partial charge in [0.15, 0.2) is 0 Å². The van der Waals surface area contributed by atoms with E-state index in [1.807, 2.05) is 0 Å². The zero-order chi connectivity index (χ0) is 13.0. The van der Waals surface area contributed by atoms with Gasteiger partial charge in [-0.25, -0.2) is 4.79 Å². The molecule has 0 aliphatic rings. The number of amides is 1. The standard InChI is InChI=1S/C11H11BrClNO3/c1-2-9(11(16)17)14-10(15)7-5-6(12)3-4-8(7)13/h3-5,9H,2H2,1H3,(H,14,15)(H,16,17)/t9-/m0/s1. The molecule has 0 fully saturated rings. The van der Waals surface area contributed by atoms with Gasteiger partial charge in [-0.3, -0.25) is 4.79 Å². The Labute approximate surface area is 112 Å². The zero-order valence-corrected chi connectivity index (χ0v) is 11.4. The van der Waals surface area contributed by atoms with Gasteiger partial charge in [0.2, 0.25) is 0 Å². The molecule has 1 aromatic carbocycles. The highest BCUT2D eigenvalue weighted by molar-refractivity contribution is 9.10. The summed E-state index contributed by atoms with van der Waals surface area (Å²) in [5.41, 5.74) is 0.251. The quantitative estimate of drug-likeness (QED) is 0.896. The number of carbonyl (C=O) groups is 2. The number of carbonyl (C=O) groups excluding carboxylic acids is 1. The summed E-state index contributed by atoms with van der Waals surface area (Å²) in [6.07, 6.45) is 0.312. The molecule has 1 rings (SSSR count). The summed E-state index contributed by atoms with van der Waals surface area (Å²) in [6.45, 7) is 1.68. The highest BCUT2D eigenvalue weighted by Crippen LogP contribution is 2.21. The van der Waals surface area contributed by atoms with E-state index < -0.39 is 17.9 Å². The maximum absolute atomic E-state index is 11.8. The van der Waals surface area contributed by atoms with E-state index in [1.54, 1.807) is 25.1 Å². The van der Waals surface area contributed by atoms with Gasteiger partial charge in [0.05, 0.1) is 10.6 Å². The Morgan fingerprint density at radius 1 is 1.53 bits per heavy atom. The molecule has 0 heterocycles. The van der Waals surface area contributed by atoms with Crippen molar-refractivity contribution >= 4 is 39.4 Å². The van der Waals surface area contributed by atoms with Crippen LogP contribution in [0.3, 0.4) is 0 Å². The van der Waals surface area contributed by atoms with Gasteiger partial charge in [-0.2, -0.15) is 0 Å². The SMILES string of the molecule is CC[C@H](NC(=O)c1cc(Br)ccc1Cl)C(=O)O. The van der Waals surface area contributed by atoms with Gasteiger partial charge >= 0.3 is 5.97 Å². The van der Waals surface area contributed by atoms with Crippen LogP contribution in [0.2, 0.25) is 5.02 Å². The Kier molecular flexibility index (Phi) is 4.96. The van der Waals surface area contributed by atoms with E-state index in [9.17, 15) is 9.59 Å². The van der Waals surface area contributed by atoms with Crippen LogP contribution in [-0.2, 0) is 4.79 Å². The van der Waals surface area contributed by atoms with Gasteiger partial charge in [-0.15, -0.1) is 0 Å². The minimum atomic E-state index is -1.06. The van der Waals surface area contributed by atoms with E-state index in [0.29, 0.717) is 10.9 Å². The third kappa shape index (κ3) is 3.71. The number of carboxylic acids is 1. The van der Waals surface area contributed by atoms with Crippen LogP contribution in [0.25, 0.3) is 0 Å². The number of benzene rings is 1. The van der Waals surface area contributed by atoms with Crippen molar-refractivity contribution < 1.29 is 14.7 Å². The lowest BCUT2D eigenvalue weighted by Gasteiger charge is -2.13. The molecule has 92 valence electrons. The second-order valence-corrected chi connectivity index (χ2v) is 4.72. The van der Waals surface area contributed by atoms with Gasteiger partial charge < -0.3 is 10.4 Å². The number of aliphatic carboxylic acids is 1. The fourth-order valence-corrected chi connectivity index (χ4v) is 1.81. The van der Waals surface area contributed by atoms with Gasteiger partial charge in [0, 0.05) is 4.47 Å². The molecule has 6 heteroatoms. The number of hydrogen-bond donors (Lipinski definition) is 2. The van der Waals surface area contributed by atoms with Crippen LogP contribution in [0.5, 0.6) is 0 Å². The van der Waals surface area contributed by atoms with E-state index >= 15 is 0 Å². The monoisotopic (exact) mass is 319 g/mol. The highest BCUT2D eigenvalue weighted by Gasteiger charge is 2.19. The minimum absolute atomic E-state index is 0.251. The van der Waals surface area contributed by atoms with Crippen molar-refractivity contribution in [2.75, 3.05) is 0 Å². The molecular weight excluding hydrogens is 309 g/mol. The van der Waals surface area contributed by atoms with Gasteiger partial charge in [-0.1, -0.05) is 34.5 Å². The Balaban J connectivity index is 2.89. The molecule has 17 heavy (non-hydrogen) atoms. The first kappa shape index (κ1) is 14.0. The molecule has 0 unspecified atom stereocenters. The summed E-state index contributed by atoms with van der Waals surface area (Å²) in [7, 11) is 0. The molecule has 4 nitrogen and oxygen atoms in total. The number of halogens is 2. The van der Waals surface area contributed by atoms with Crippen LogP contribution < -0.4 is 5.32 Å². The molecule has 1 atom stereocenters.